The standard InChI is InChI=1S/C22H20ClNO5S2/c1-13-10-15(24-31(3,27)28)5-7-16(13)22-18(12-30-20(22)8-9-21(25)26)17-6-4-14(23)11-19(17)29-2/h4-12,24H,1-3H3,(H,25,26). The minimum atomic E-state index is -3.40. The first-order valence-corrected chi connectivity index (χ1v) is 12.2. The van der Waals surface area contributed by atoms with Gasteiger partial charge in [0.15, 0.2) is 0 Å². The van der Waals surface area contributed by atoms with Gasteiger partial charge >= 0.3 is 5.97 Å². The SMILES string of the molecule is COc1cc(Cl)ccc1-c1csc(C=CC(=O)O)c1-c1ccc(NS(C)(=O)=O)cc1C. The summed E-state index contributed by atoms with van der Waals surface area (Å²) in [6.45, 7) is 1.87. The number of thiophene rings is 1. The molecule has 0 bridgehead atoms. The lowest BCUT2D eigenvalue weighted by atomic mass is 9.93. The van der Waals surface area contributed by atoms with E-state index in [2.05, 4.69) is 4.72 Å². The molecule has 3 rings (SSSR count). The molecule has 0 spiro atoms. The molecule has 1 aromatic heterocycles. The summed E-state index contributed by atoms with van der Waals surface area (Å²) in [6.07, 6.45) is 3.73. The van der Waals surface area contributed by atoms with E-state index in [4.69, 9.17) is 21.4 Å². The molecule has 0 radical (unpaired) electrons. The van der Waals surface area contributed by atoms with Gasteiger partial charge in [-0.2, -0.15) is 0 Å². The van der Waals surface area contributed by atoms with Crippen molar-refractivity contribution in [1.29, 1.82) is 0 Å². The van der Waals surface area contributed by atoms with Crippen LogP contribution >= 0.6 is 22.9 Å². The van der Waals surface area contributed by atoms with Crippen molar-refractivity contribution < 1.29 is 23.1 Å². The molecule has 3 aromatic rings. The van der Waals surface area contributed by atoms with Crippen molar-refractivity contribution >= 4 is 50.7 Å². The number of sulfonamides is 1. The molecule has 0 amide bonds. The van der Waals surface area contributed by atoms with Crippen LogP contribution in [0.3, 0.4) is 0 Å². The second-order valence-corrected chi connectivity index (χ2v) is 9.90. The second kappa shape index (κ2) is 9.13. The number of methoxy groups -OCH3 is 1. The van der Waals surface area contributed by atoms with Crippen molar-refractivity contribution in [3.63, 3.8) is 0 Å². The Hall–Kier alpha value is -2.81. The van der Waals surface area contributed by atoms with Gasteiger partial charge in [-0.25, -0.2) is 13.2 Å². The average Bonchev–Trinajstić information content (AvgIpc) is 3.08. The summed E-state index contributed by atoms with van der Waals surface area (Å²) in [5.74, 6) is -0.456. The van der Waals surface area contributed by atoms with Crippen LogP contribution in [-0.4, -0.2) is 32.9 Å². The van der Waals surface area contributed by atoms with Crippen LogP contribution in [0.1, 0.15) is 10.4 Å². The Balaban J connectivity index is 2.23. The van der Waals surface area contributed by atoms with E-state index < -0.39 is 16.0 Å². The summed E-state index contributed by atoms with van der Waals surface area (Å²) in [5, 5.41) is 11.6. The van der Waals surface area contributed by atoms with E-state index in [0.29, 0.717) is 16.5 Å². The zero-order chi connectivity index (χ0) is 22.8. The maximum Gasteiger partial charge on any atom is 0.328 e. The number of rotatable bonds is 7. The van der Waals surface area contributed by atoms with Gasteiger partial charge in [0.1, 0.15) is 5.75 Å². The smallest absolute Gasteiger partial charge is 0.328 e. The Bertz CT molecular complexity index is 1280. The molecular formula is C22H20ClNO5S2. The van der Waals surface area contributed by atoms with Crippen LogP contribution in [0.5, 0.6) is 5.75 Å². The number of benzene rings is 2. The van der Waals surface area contributed by atoms with Crippen molar-refractivity contribution in [2.75, 3.05) is 18.1 Å². The van der Waals surface area contributed by atoms with Gasteiger partial charge in [0.2, 0.25) is 10.0 Å². The Morgan fingerprint density at radius 2 is 1.87 bits per heavy atom. The molecule has 2 aromatic carbocycles. The van der Waals surface area contributed by atoms with Crippen molar-refractivity contribution in [1.82, 2.24) is 0 Å². The molecule has 0 atom stereocenters. The van der Waals surface area contributed by atoms with Crippen LogP contribution in [-0.2, 0) is 14.8 Å². The van der Waals surface area contributed by atoms with E-state index in [9.17, 15) is 13.2 Å². The molecule has 0 aliphatic rings. The quantitative estimate of drug-likeness (QED) is 0.437. The number of ether oxygens (including phenoxy) is 1. The highest BCUT2D eigenvalue weighted by molar-refractivity contribution is 7.92. The van der Waals surface area contributed by atoms with E-state index in [1.165, 1.54) is 11.3 Å². The fourth-order valence-electron chi connectivity index (χ4n) is 3.23. The fourth-order valence-corrected chi connectivity index (χ4v) is 4.92. The lowest BCUT2D eigenvalue weighted by Crippen LogP contribution is -2.09. The number of carboxylic acids is 1. The number of hydrogen-bond acceptors (Lipinski definition) is 5. The number of anilines is 1. The highest BCUT2D eigenvalue weighted by Gasteiger charge is 2.19. The Morgan fingerprint density at radius 3 is 2.48 bits per heavy atom. The predicted octanol–water partition coefficient (Wildman–Crippen LogP) is 5.52. The Morgan fingerprint density at radius 1 is 1.16 bits per heavy atom. The van der Waals surface area contributed by atoms with Gasteiger partial charge < -0.3 is 9.84 Å². The van der Waals surface area contributed by atoms with Crippen molar-refractivity contribution in [2.45, 2.75) is 6.92 Å². The van der Waals surface area contributed by atoms with E-state index in [1.54, 1.807) is 37.5 Å². The van der Waals surface area contributed by atoms with Crippen LogP contribution in [0, 0.1) is 6.92 Å². The molecule has 162 valence electrons. The van der Waals surface area contributed by atoms with E-state index in [0.717, 1.165) is 45.0 Å². The summed E-state index contributed by atoms with van der Waals surface area (Å²) in [6, 6.07) is 10.6. The van der Waals surface area contributed by atoms with E-state index >= 15 is 0 Å². The summed E-state index contributed by atoms with van der Waals surface area (Å²) < 4.78 is 31.1. The molecule has 6 nitrogen and oxygen atoms in total. The van der Waals surface area contributed by atoms with Gasteiger partial charge in [0.05, 0.1) is 13.4 Å². The maximum absolute atomic E-state index is 11.6. The fraction of sp³-hybridized carbons (Fsp3) is 0.136. The van der Waals surface area contributed by atoms with Crippen LogP contribution in [0.2, 0.25) is 5.02 Å². The third kappa shape index (κ3) is 5.46. The van der Waals surface area contributed by atoms with Crippen LogP contribution < -0.4 is 9.46 Å². The first kappa shape index (κ1) is 22.9. The summed E-state index contributed by atoms with van der Waals surface area (Å²) >= 11 is 7.52. The molecule has 2 N–H and O–H groups in total. The zero-order valence-electron chi connectivity index (χ0n) is 17.0. The van der Waals surface area contributed by atoms with Crippen molar-refractivity contribution in [2.24, 2.45) is 0 Å². The maximum atomic E-state index is 11.6. The van der Waals surface area contributed by atoms with Gasteiger partial charge in [-0.15, -0.1) is 11.3 Å². The molecule has 1 heterocycles. The summed E-state index contributed by atoms with van der Waals surface area (Å²) in [5.41, 5.74) is 4.61. The predicted molar refractivity (Wildman–Crippen MR) is 127 cm³/mol. The Labute approximate surface area is 189 Å². The average molecular weight is 478 g/mol. The molecule has 0 saturated heterocycles. The molecule has 0 unspecified atom stereocenters. The molecule has 0 fully saturated rings. The van der Waals surface area contributed by atoms with E-state index in [-0.39, 0.29) is 0 Å². The second-order valence-electron chi connectivity index (χ2n) is 6.81. The summed E-state index contributed by atoms with van der Waals surface area (Å²) in [4.78, 5) is 11.8. The minimum Gasteiger partial charge on any atom is -0.496 e. The van der Waals surface area contributed by atoms with E-state index in [1.807, 2.05) is 24.4 Å². The van der Waals surface area contributed by atoms with Crippen LogP contribution in [0.25, 0.3) is 28.3 Å². The summed E-state index contributed by atoms with van der Waals surface area (Å²) in [7, 11) is -1.85. The monoisotopic (exact) mass is 477 g/mol. The minimum absolute atomic E-state index is 0.451. The van der Waals surface area contributed by atoms with Gasteiger partial charge in [-0.1, -0.05) is 17.7 Å². The van der Waals surface area contributed by atoms with Crippen molar-refractivity contribution in [3.05, 3.63) is 63.3 Å². The number of halogens is 1. The molecule has 0 aliphatic carbocycles. The number of nitrogens with one attached hydrogen (secondary N) is 1. The number of carbonyl (C=O) groups is 1. The first-order chi connectivity index (χ1) is 14.6. The third-order valence-electron chi connectivity index (χ3n) is 4.45. The van der Waals surface area contributed by atoms with Crippen LogP contribution in [0.15, 0.2) is 47.9 Å². The van der Waals surface area contributed by atoms with Crippen LogP contribution in [0.4, 0.5) is 5.69 Å². The normalized spacial score (nSPS) is 11.6. The highest BCUT2D eigenvalue weighted by Crippen LogP contribution is 2.45. The highest BCUT2D eigenvalue weighted by atomic mass is 35.5. The topological polar surface area (TPSA) is 92.7 Å². The molecule has 31 heavy (non-hydrogen) atoms. The molecule has 0 saturated carbocycles. The van der Waals surface area contributed by atoms with Gasteiger partial charge in [0, 0.05) is 38.4 Å². The molecular weight excluding hydrogens is 458 g/mol. The first-order valence-electron chi connectivity index (χ1n) is 9.04. The van der Waals surface area contributed by atoms with Crippen molar-refractivity contribution in [3.8, 4) is 28.0 Å². The third-order valence-corrected chi connectivity index (χ3v) is 6.24. The van der Waals surface area contributed by atoms with Gasteiger partial charge in [-0.3, -0.25) is 4.72 Å². The molecule has 9 heteroatoms. The van der Waals surface area contributed by atoms with Gasteiger partial charge in [0.25, 0.3) is 0 Å². The number of hydrogen-bond donors (Lipinski definition) is 2. The zero-order valence-corrected chi connectivity index (χ0v) is 19.4. The lowest BCUT2D eigenvalue weighted by Gasteiger charge is -2.14. The number of aliphatic carboxylic acids is 1. The molecule has 0 aliphatic heterocycles. The number of carboxylic acid groups (broad SMARTS) is 1. The largest absolute Gasteiger partial charge is 0.496 e. The number of aryl methyl sites for hydroxylation is 1. The lowest BCUT2D eigenvalue weighted by molar-refractivity contribution is -0.131. The Kier molecular flexibility index (Phi) is 6.74. The van der Waals surface area contributed by atoms with Gasteiger partial charge in [-0.05, 0) is 59.8 Å².